The lowest BCUT2D eigenvalue weighted by Crippen LogP contribution is -2.40. The Bertz CT molecular complexity index is 660. The summed E-state index contributed by atoms with van der Waals surface area (Å²) in [6.45, 7) is 0. The number of nitrogens with two attached hydrogens (primary N) is 2. The first kappa shape index (κ1) is 17.3. The minimum atomic E-state index is -4.77. The number of hydrogen-bond acceptors (Lipinski definition) is 6. The number of nitro groups is 1. The number of nitro benzene ring substituents is 1. The Morgan fingerprint density at radius 1 is 1.29 bits per heavy atom. The number of hydrogen-bond donors (Lipinski definition) is 2. The van der Waals surface area contributed by atoms with Crippen LogP contribution in [0.1, 0.15) is 17.2 Å². The second-order valence-corrected chi connectivity index (χ2v) is 6.55. The first-order chi connectivity index (χ1) is 9.35. The van der Waals surface area contributed by atoms with Crippen molar-refractivity contribution >= 4 is 15.5 Å². The van der Waals surface area contributed by atoms with Gasteiger partial charge in [0.05, 0.1) is 16.5 Å². The van der Waals surface area contributed by atoms with Crippen molar-refractivity contribution in [3.8, 4) is 0 Å². The Balaban J connectivity index is 3.41. The number of halogens is 3. The van der Waals surface area contributed by atoms with Gasteiger partial charge in [-0.2, -0.15) is 13.2 Å². The lowest BCUT2D eigenvalue weighted by atomic mass is 10.0. The van der Waals surface area contributed by atoms with Crippen molar-refractivity contribution in [1.82, 2.24) is 0 Å². The van der Waals surface area contributed by atoms with E-state index >= 15 is 0 Å². The highest BCUT2D eigenvalue weighted by molar-refractivity contribution is 7.91. The fourth-order valence-electron chi connectivity index (χ4n) is 1.60. The van der Waals surface area contributed by atoms with Gasteiger partial charge in [-0.15, -0.1) is 0 Å². The molecule has 0 bridgehead atoms. The van der Waals surface area contributed by atoms with Crippen molar-refractivity contribution in [2.75, 3.05) is 6.26 Å². The van der Waals surface area contributed by atoms with E-state index in [2.05, 4.69) is 0 Å². The van der Waals surface area contributed by atoms with Crippen molar-refractivity contribution in [2.45, 2.75) is 17.6 Å². The van der Waals surface area contributed by atoms with Crippen molar-refractivity contribution in [3.05, 3.63) is 39.4 Å². The van der Waals surface area contributed by atoms with Gasteiger partial charge in [-0.05, 0) is 12.1 Å². The summed E-state index contributed by atoms with van der Waals surface area (Å²) in [5, 5.41) is 9.20. The van der Waals surface area contributed by atoms with Crippen molar-refractivity contribution in [2.24, 2.45) is 11.5 Å². The Hall–Kier alpha value is -1.72. The molecule has 7 nitrogen and oxygen atoms in total. The van der Waals surface area contributed by atoms with Crippen LogP contribution in [0.2, 0.25) is 0 Å². The van der Waals surface area contributed by atoms with E-state index in [4.69, 9.17) is 11.5 Å². The zero-order valence-electron chi connectivity index (χ0n) is 10.7. The average Bonchev–Trinajstić information content (AvgIpc) is 2.34. The molecule has 0 saturated heterocycles. The summed E-state index contributed by atoms with van der Waals surface area (Å²) in [6.07, 6.45) is -4.00. The molecule has 0 spiro atoms. The molecule has 0 saturated carbocycles. The standard InChI is InChI=1S/C10H12F3N3O4S/c1-21(19,20)9(15)8(14)6-3-2-5(10(11,12)13)4-7(6)16(17)18/h2-4,8-9H,14-15H2,1H3. The third-order valence-electron chi connectivity index (χ3n) is 2.76. The molecule has 0 radical (unpaired) electrons. The molecule has 118 valence electrons. The van der Waals surface area contributed by atoms with Gasteiger partial charge in [0.1, 0.15) is 5.37 Å². The maximum absolute atomic E-state index is 12.5. The minimum Gasteiger partial charge on any atom is -0.322 e. The van der Waals surface area contributed by atoms with E-state index in [1.165, 1.54) is 0 Å². The molecule has 11 heteroatoms. The molecule has 0 aliphatic heterocycles. The van der Waals surface area contributed by atoms with E-state index in [0.717, 1.165) is 12.3 Å². The van der Waals surface area contributed by atoms with Gasteiger partial charge in [0, 0.05) is 17.9 Å². The summed E-state index contributed by atoms with van der Waals surface area (Å²) < 4.78 is 60.2. The van der Waals surface area contributed by atoms with E-state index in [-0.39, 0.29) is 5.56 Å². The molecular formula is C10H12F3N3O4S. The van der Waals surface area contributed by atoms with E-state index in [1.54, 1.807) is 0 Å². The van der Waals surface area contributed by atoms with Gasteiger partial charge >= 0.3 is 6.18 Å². The molecule has 0 heterocycles. The summed E-state index contributed by atoms with van der Waals surface area (Å²) in [4.78, 5) is 9.80. The predicted molar refractivity (Wildman–Crippen MR) is 67.8 cm³/mol. The van der Waals surface area contributed by atoms with Gasteiger partial charge < -0.3 is 11.5 Å². The zero-order chi connectivity index (χ0) is 16.6. The van der Waals surface area contributed by atoms with E-state index in [9.17, 15) is 31.7 Å². The van der Waals surface area contributed by atoms with Crippen LogP contribution in [0.3, 0.4) is 0 Å². The second kappa shape index (κ2) is 5.58. The number of benzene rings is 1. The van der Waals surface area contributed by atoms with Gasteiger partial charge in [-0.25, -0.2) is 8.42 Å². The molecule has 0 aliphatic rings. The highest BCUT2D eigenvalue weighted by Gasteiger charge is 2.35. The second-order valence-electron chi connectivity index (χ2n) is 4.35. The van der Waals surface area contributed by atoms with Gasteiger partial charge in [0.25, 0.3) is 5.69 Å². The zero-order valence-corrected chi connectivity index (χ0v) is 11.5. The third-order valence-corrected chi connectivity index (χ3v) is 4.04. The maximum atomic E-state index is 12.5. The first-order valence-electron chi connectivity index (χ1n) is 5.41. The van der Waals surface area contributed by atoms with Crippen LogP contribution in [-0.4, -0.2) is 25.0 Å². The molecule has 1 rings (SSSR count). The van der Waals surface area contributed by atoms with E-state index in [0.29, 0.717) is 12.1 Å². The first-order valence-corrected chi connectivity index (χ1v) is 7.36. The van der Waals surface area contributed by atoms with Crippen LogP contribution in [-0.2, 0) is 16.0 Å². The Morgan fingerprint density at radius 2 is 1.81 bits per heavy atom. The van der Waals surface area contributed by atoms with Crippen LogP contribution in [0.4, 0.5) is 18.9 Å². The van der Waals surface area contributed by atoms with Gasteiger partial charge in [-0.1, -0.05) is 0 Å². The van der Waals surface area contributed by atoms with Gasteiger partial charge in [-0.3, -0.25) is 10.1 Å². The van der Waals surface area contributed by atoms with Crippen molar-refractivity contribution in [3.63, 3.8) is 0 Å². The topological polar surface area (TPSA) is 129 Å². The maximum Gasteiger partial charge on any atom is 0.416 e. The highest BCUT2D eigenvalue weighted by Crippen LogP contribution is 2.35. The van der Waals surface area contributed by atoms with Crippen LogP contribution in [0.5, 0.6) is 0 Å². The molecular weight excluding hydrogens is 315 g/mol. The van der Waals surface area contributed by atoms with Crippen LogP contribution in [0.15, 0.2) is 18.2 Å². The van der Waals surface area contributed by atoms with E-state index in [1.807, 2.05) is 0 Å². The summed E-state index contributed by atoms with van der Waals surface area (Å²) in [5.74, 6) is 0. The molecule has 0 aromatic heterocycles. The van der Waals surface area contributed by atoms with Crippen LogP contribution in [0.25, 0.3) is 0 Å². The van der Waals surface area contributed by atoms with Crippen molar-refractivity contribution < 1.29 is 26.5 Å². The lowest BCUT2D eigenvalue weighted by Gasteiger charge is -2.19. The minimum absolute atomic E-state index is 0.296. The quantitative estimate of drug-likeness (QED) is 0.625. The number of sulfone groups is 1. The summed E-state index contributed by atoms with van der Waals surface area (Å²) >= 11 is 0. The van der Waals surface area contributed by atoms with Gasteiger partial charge in [0.15, 0.2) is 9.84 Å². The normalized spacial score (nSPS) is 15.5. The highest BCUT2D eigenvalue weighted by atomic mass is 32.2. The third kappa shape index (κ3) is 3.89. The summed E-state index contributed by atoms with van der Waals surface area (Å²) in [5.41, 5.74) is 8.34. The smallest absolute Gasteiger partial charge is 0.322 e. The lowest BCUT2D eigenvalue weighted by molar-refractivity contribution is -0.386. The molecule has 1 aromatic carbocycles. The Labute approximate surface area is 117 Å². The molecule has 0 amide bonds. The summed E-state index contributed by atoms with van der Waals surface area (Å²) in [6, 6.07) is 0.112. The number of alkyl halides is 3. The molecule has 2 unspecified atom stereocenters. The van der Waals surface area contributed by atoms with Crippen molar-refractivity contribution in [1.29, 1.82) is 0 Å². The largest absolute Gasteiger partial charge is 0.416 e. The Morgan fingerprint density at radius 3 is 2.19 bits per heavy atom. The van der Waals surface area contributed by atoms with Crippen LogP contribution >= 0.6 is 0 Å². The van der Waals surface area contributed by atoms with Crippen LogP contribution in [0, 0.1) is 10.1 Å². The molecule has 2 atom stereocenters. The molecule has 0 fully saturated rings. The SMILES string of the molecule is CS(=O)(=O)C(N)C(N)c1ccc(C(F)(F)F)cc1[N+](=O)[O-]. The molecule has 1 aromatic rings. The summed E-state index contributed by atoms with van der Waals surface area (Å²) in [7, 11) is -3.82. The van der Waals surface area contributed by atoms with E-state index < -0.39 is 43.6 Å². The number of rotatable bonds is 4. The fourth-order valence-corrected chi connectivity index (χ4v) is 2.28. The van der Waals surface area contributed by atoms with Crippen LogP contribution < -0.4 is 11.5 Å². The Kier molecular flexibility index (Phi) is 4.60. The van der Waals surface area contributed by atoms with Gasteiger partial charge in [0.2, 0.25) is 0 Å². The molecule has 0 aliphatic carbocycles. The number of nitrogens with zero attached hydrogens (tertiary/aromatic N) is 1. The predicted octanol–water partition coefficient (Wildman–Crippen LogP) is 0.943. The molecule has 21 heavy (non-hydrogen) atoms. The molecule has 4 N–H and O–H groups in total. The fraction of sp³-hybridized carbons (Fsp3) is 0.400. The average molecular weight is 327 g/mol. The monoisotopic (exact) mass is 327 g/mol.